The predicted octanol–water partition coefficient (Wildman–Crippen LogP) is 2.30. The van der Waals surface area contributed by atoms with Gasteiger partial charge in [0, 0.05) is 12.5 Å². The van der Waals surface area contributed by atoms with Crippen LogP contribution in [0, 0.1) is 29.6 Å². The van der Waals surface area contributed by atoms with Gasteiger partial charge in [0.25, 0.3) is 0 Å². The summed E-state index contributed by atoms with van der Waals surface area (Å²) in [5, 5.41) is 12.3. The van der Waals surface area contributed by atoms with Gasteiger partial charge in [-0.25, -0.2) is 0 Å². The van der Waals surface area contributed by atoms with Gasteiger partial charge in [-0.05, 0) is 60.6 Å². The number of benzene rings is 1. The Bertz CT molecular complexity index is 494. The summed E-state index contributed by atoms with van der Waals surface area (Å²) in [7, 11) is 0. The average Bonchev–Trinajstić information content (AvgIpc) is 2.86. The molecule has 19 heavy (non-hydrogen) atoms. The van der Waals surface area contributed by atoms with Gasteiger partial charge in [-0.1, -0.05) is 12.1 Å². The van der Waals surface area contributed by atoms with Gasteiger partial charge in [-0.15, -0.1) is 0 Å². The van der Waals surface area contributed by atoms with Crippen LogP contribution in [0.15, 0.2) is 24.3 Å². The number of phenols is 1. The van der Waals surface area contributed by atoms with E-state index in [1.807, 2.05) is 12.1 Å². The topological polar surface area (TPSA) is 49.3 Å². The molecular formula is C16H19NO2. The number of carbonyl (C=O) groups is 1. The van der Waals surface area contributed by atoms with Crippen molar-refractivity contribution in [1.29, 1.82) is 0 Å². The number of fused-ring (bicyclic) bond motifs is 5. The molecule has 4 rings (SSSR count). The van der Waals surface area contributed by atoms with Gasteiger partial charge in [0.2, 0.25) is 5.91 Å². The lowest BCUT2D eigenvalue weighted by Crippen LogP contribution is -2.27. The molecule has 3 aliphatic carbocycles. The van der Waals surface area contributed by atoms with E-state index in [0.717, 1.165) is 17.4 Å². The first-order valence-corrected chi connectivity index (χ1v) is 7.29. The monoisotopic (exact) mass is 257 g/mol. The van der Waals surface area contributed by atoms with Crippen molar-refractivity contribution >= 4 is 5.91 Å². The van der Waals surface area contributed by atoms with Crippen LogP contribution in [0.5, 0.6) is 5.75 Å². The van der Waals surface area contributed by atoms with Gasteiger partial charge in [0.15, 0.2) is 0 Å². The highest BCUT2D eigenvalue weighted by Gasteiger charge is 2.67. The summed E-state index contributed by atoms with van der Waals surface area (Å²) in [6.07, 6.45) is 4.10. The summed E-state index contributed by atoms with van der Waals surface area (Å²) >= 11 is 0. The molecule has 0 aromatic heterocycles. The van der Waals surface area contributed by atoms with Crippen molar-refractivity contribution in [3.8, 4) is 5.75 Å². The summed E-state index contributed by atoms with van der Waals surface area (Å²) in [4.78, 5) is 12.2. The maximum absolute atomic E-state index is 12.2. The zero-order valence-corrected chi connectivity index (χ0v) is 10.9. The first-order valence-electron chi connectivity index (χ1n) is 7.29. The molecule has 3 heteroatoms. The van der Waals surface area contributed by atoms with E-state index in [-0.39, 0.29) is 11.7 Å². The zero-order valence-electron chi connectivity index (χ0n) is 10.9. The standard InChI is InChI=1S/C16H19NO2/c18-12-5-1-9(2-6-12)8-17-16(19)15-13-10-3-4-11(7-10)14(13)15/h1-2,5-6,10-11,13-15,18H,3-4,7-8H2,(H,17,19). The summed E-state index contributed by atoms with van der Waals surface area (Å²) < 4.78 is 0. The quantitative estimate of drug-likeness (QED) is 0.873. The average molecular weight is 257 g/mol. The Balaban J connectivity index is 1.35. The van der Waals surface area contributed by atoms with Gasteiger partial charge in [0.05, 0.1) is 0 Å². The molecule has 2 N–H and O–H groups in total. The van der Waals surface area contributed by atoms with Gasteiger partial charge < -0.3 is 10.4 Å². The molecule has 1 aromatic rings. The molecule has 3 fully saturated rings. The fourth-order valence-electron chi connectivity index (χ4n) is 4.60. The van der Waals surface area contributed by atoms with Gasteiger partial charge in [0.1, 0.15) is 5.75 Å². The maximum atomic E-state index is 12.2. The lowest BCUT2D eigenvalue weighted by Gasteiger charge is -2.09. The van der Waals surface area contributed by atoms with Gasteiger partial charge >= 0.3 is 0 Å². The summed E-state index contributed by atoms with van der Waals surface area (Å²) in [6, 6.07) is 7.03. The molecule has 0 spiro atoms. The minimum atomic E-state index is 0.250. The third-order valence-electron chi connectivity index (χ3n) is 5.44. The number of hydrogen-bond acceptors (Lipinski definition) is 2. The van der Waals surface area contributed by atoms with Crippen LogP contribution in [-0.4, -0.2) is 11.0 Å². The SMILES string of the molecule is O=C(NCc1ccc(O)cc1)C1C2C3CCC(C3)C12. The van der Waals surface area contributed by atoms with Crippen LogP contribution in [0.3, 0.4) is 0 Å². The fraction of sp³-hybridized carbons (Fsp3) is 0.562. The molecule has 0 heterocycles. The largest absolute Gasteiger partial charge is 0.508 e. The van der Waals surface area contributed by atoms with Crippen molar-refractivity contribution in [2.24, 2.45) is 29.6 Å². The van der Waals surface area contributed by atoms with Gasteiger partial charge in [-0.2, -0.15) is 0 Å². The van der Waals surface area contributed by atoms with Crippen molar-refractivity contribution in [3.63, 3.8) is 0 Å². The molecule has 0 radical (unpaired) electrons. The number of carbonyl (C=O) groups excluding carboxylic acids is 1. The Hall–Kier alpha value is -1.51. The van der Waals surface area contributed by atoms with E-state index in [2.05, 4.69) is 5.32 Å². The molecule has 0 saturated heterocycles. The third kappa shape index (κ3) is 1.75. The first kappa shape index (κ1) is 11.3. The van der Waals surface area contributed by atoms with Crippen LogP contribution < -0.4 is 5.32 Å². The van der Waals surface area contributed by atoms with E-state index in [4.69, 9.17) is 0 Å². The Labute approximate surface area is 113 Å². The molecular weight excluding hydrogens is 238 g/mol. The number of amides is 1. The van der Waals surface area contributed by atoms with Crippen molar-refractivity contribution in [3.05, 3.63) is 29.8 Å². The lowest BCUT2D eigenvalue weighted by atomic mass is 10.0. The third-order valence-corrected chi connectivity index (χ3v) is 5.44. The summed E-state index contributed by atoms with van der Waals surface area (Å²) in [5.74, 6) is 3.93. The minimum absolute atomic E-state index is 0.250. The molecule has 4 atom stereocenters. The van der Waals surface area contributed by atoms with E-state index in [1.165, 1.54) is 19.3 Å². The van der Waals surface area contributed by atoms with E-state index in [0.29, 0.717) is 24.3 Å². The van der Waals surface area contributed by atoms with Crippen LogP contribution in [0.1, 0.15) is 24.8 Å². The minimum Gasteiger partial charge on any atom is -0.508 e. The van der Waals surface area contributed by atoms with Crippen molar-refractivity contribution in [1.82, 2.24) is 5.32 Å². The number of rotatable bonds is 3. The first-order chi connectivity index (χ1) is 9.24. The van der Waals surface area contributed by atoms with E-state index in [1.54, 1.807) is 12.1 Å². The molecule has 0 aliphatic heterocycles. The Morgan fingerprint density at radius 3 is 2.42 bits per heavy atom. The maximum Gasteiger partial charge on any atom is 0.223 e. The van der Waals surface area contributed by atoms with Crippen molar-refractivity contribution < 1.29 is 9.90 Å². The smallest absolute Gasteiger partial charge is 0.223 e. The van der Waals surface area contributed by atoms with Crippen molar-refractivity contribution in [2.75, 3.05) is 0 Å². The molecule has 3 aliphatic rings. The predicted molar refractivity (Wildman–Crippen MR) is 71.3 cm³/mol. The molecule has 1 amide bonds. The molecule has 3 saturated carbocycles. The fourth-order valence-corrected chi connectivity index (χ4v) is 4.60. The molecule has 1 aromatic carbocycles. The van der Waals surface area contributed by atoms with Crippen LogP contribution in [0.25, 0.3) is 0 Å². The Morgan fingerprint density at radius 2 is 1.79 bits per heavy atom. The Morgan fingerprint density at radius 1 is 1.16 bits per heavy atom. The van der Waals surface area contributed by atoms with Crippen LogP contribution in [0.2, 0.25) is 0 Å². The van der Waals surface area contributed by atoms with Crippen LogP contribution >= 0.6 is 0 Å². The normalized spacial score (nSPS) is 38.0. The van der Waals surface area contributed by atoms with E-state index < -0.39 is 0 Å². The van der Waals surface area contributed by atoms with Gasteiger partial charge in [-0.3, -0.25) is 4.79 Å². The van der Waals surface area contributed by atoms with Crippen LogP contribution in [0.4, 0.5) is 0 Å². The number of phenolic OH excluding ortho intramolecular Hbond substituents is 1. The molecule has 4 unspecified atom stereocenters. The zero-order chi connectivity index (χ0) is 13.0. The second-order valence-corrected chi connectivity index (χ2v) is 6.40. The second-order valence-electron chi connectivity index (χ2n) is 6.40. The van der Waals surface area contributed by atoms with E-state index >= 15 is 0 Å². The number of hydrogen-bond donors (Lipinski definition) is 2. The highest BCUT2D eigenvalue weighted by Crippen LogP contribution is 2.69. The molecule has 3 nitrogen and oxygen atoms in total. The molecule has 100 valence electrons. The van der Waals surface area contributed by atoms with Crippen LogP contribution in [-0.2, 0) is 11.3 Å². The Kier molecular flexibility index (Phi) is 2.38. The number of aromatic hydroxyl groups is 1. The second kappa shape index (κ2) is 3.99. The highest BCUT2D eigenvalue weighted by molar-refractivity contribution is 5.82. The van der Waals surface area contributed by atoms with Crippen molar-refractivity contribution in [2.45, 2.75) is 25.8 Å². The highest BCUT2D eigenvalue weighted by atomic mass is 16.3. The van der Waals surface area contributed by atoms with E-state index in [9.17, 15) is 9.90 Å². The molecule has 2 bridgehead atoms. The summed E-state index contributed by atoms with van der Waals surface area (Å²) in [6.45, 7) is 0.574. The number of nitrogens with one attached hydrogen (secondary N) is 1. The lowest BCUT2D eigenvalue weighted by molar-refractivity contribution is -0.123. The summed E-state index contributed by atoms with van der Waals surface area (Å²) in [5.41, 5.74) is 1.04.